The number of likely N-dealkylation sites (N-methyl/N-ethyl adjacent to an activating group) is 1. The van der Waals surface area contributed by atoms with Gasteiger partial charge in [0.15, 0.2) is 0 Å². The SMILES string of the molecule is CCCOC1C(NCC)CC1Oc1cc(C)cc(C)c1. The number of hydrogen-bond acceptors (Lipinski definition) is 3. The number of benzene rings is 1. The van der Waals surface area contributed by atoms with Crippen LogP contribution in [0.15, 0.2) is 18.2 Å². The van der Waals surface area contributed by atoms with Crippen molar-refractivity contribution in [2.75, 3.05) is 13.2 Å². The van der Waals surface area contributed by atoms with Crippen molar-refractivity contribution < 1.29 is 9.47 Å². The van der Waals surface area contributed by atoms with Crippen molar-refractivity contribution in [2.24, 2.45) is 0 Å². The smallest absolute Gasteiger partial charge is 0.128 e. The molecule has 0 saturated heterocycles. The monoisotopic (exact) mass is 277 g/mol. The molecule has 1 N–H and O–H groups in total. The zero-order valence-electron chi connectivity index (χ0n) is 13.1. The third-order valence-electron chi connectivity index (χ3n) is 3.71. The zero-order valence-corrected chi connectivity index (χ0v) is 13.1. The molecule has 2 rings (SSSR count). The maximum atomic E-state index is 6.13. The molecule has 0 aromatic heterocycles. The van der Waals surface area contributed by atoms with Crippen LogP contribution in [-0.2, 0) is 4.74 Å². The molecule has 112 valence electrons. The molecule has 3 heteroatoms. The summed E-state index contributed by atoms with van der Waals surface area (Å²) in [5.74, 6) is 0.965. The first-order chi connectivity index (χ1) is 9.63. The molecule has 0 bridgehead atoms. The molecule has 0 spiro atoms. The number of aryl methyl sites for hydroxylation is 2. The second-order valence-corrected chi connectivity index (χ2v) is 5.71. The Hall–Kier alpha value is -1.06. The topological polar surface area (TPSA) is 30.5 Å². The second-order valence-electron chi connectivity index (χ2n) is 5.71. The predicted molar refractivity (Wildman–Crippen MR) is 82.4 cm³/mol. The Labute approximate surface area is 122 Å². The van der Waals surface area contributed by atoms with E-state index in [4.69, 9.17) is 9.47 Å². The van der Waals surface area contributed by atoms with Crippen molar-refractivity contribution in [1.82, 2.24) is 5.32 Å². The van der Waals surface area contributed by atoms with Gasteiger partial charge in [-0.3, -0.25) is 0 Å². The Kier molecular flexibility index (Phi) is 5.44. The van der Waals surface area contributed by atoms with Gasteiger partial charge in [0.25, 0.3) is 0 Å². The van der Waals surface area contributed by atoms with Gasteiger partial charge in [-0.15, -0.1) is 0 Å². The molecular weight excluding hydrogens is 250 g/mol. The molecule has 0 amide bonds. The van der Waals surface area contributed by atoms with Crippen LogP contribution in [0.1, 0.15) is 37.8 Å². The molecule has 0 aliphatic heterocycles. The summed E-state index contributed by atoms with van der Waals surface area (Å²) in [5, 5.41) is 3.47. The highest BCUT2D eigenvalue weighted by Crippen LogP contribution is 2.30. The minimum absolute atomic E-state index is 0.173. The highest BCUT2D eigenvalue weighted by Gasteiger charge is 2.43. The van der Waals surface area contributed by atoms with Crippen LogP contribution in [0.5, 0.6) is 5.75 Å². The van der Waals surface area contributed by atoms with Crippen LogP contribution in [0.25, 0.3) is 0 Å². The van der Waals surface area contributed by atoms with E-state index in [-0.39, 0.29) is 12.2 Å². The van der Waals surface area contributed by atoms with Crippen molar-refractivity contribution >= 4 is 0 Å². The molecule has 0 radical (unpaired) electrons. The van der Waals surface area contributed by atoms with Gasteiger partial charge in [-0.25, -0.2) is 0 Å². The minimum Gasteiger partial charge on any atom is -0.488 e. The van der Waals surface area contributed by atoms with E-state index in [1.54, 1.807) is 0 Å². The first-order valence-corrected chi connectivity index (χ1v) is 7.74. The van der Waals surface area contributed by atoms with E-state index in [0.29, 0.717) is 6.04 Å². The summed E-state index contributed by atoms with van der Waals surface area (Å²) in [6.45, 7) is 10.3. The third kappa shape index (κ3) is 3.74. The van der Waals surface area contributed by atoms with Crippen LogP contribution >= 0.6 is 0 Å². The first kappa shape index (κ1) is 15.3. The zero-order chi connectivity index (χ0) is 14.5. The highest BCUT2D eigenvalue weighted by molar-refractivity contribution is 5.33. The Morgan fingerprint density at radius 3 is 2.45 bits per heavy atom. The van der Waals surface area contributed by atoms with Gasteiger partial charge in [0.1, 0.15) is 18.0 Å². The lowest BCUT2D eigenvalue weighted by Crippen LogP contribution is -2.61. The average Bonchev–Trinajstić information content (AvgIpc) is 2.36. The number of hydrogen-bond donors (Lipinski definition) is 1. The van der Waals surface area contributed by atoms with Crippen LogP contribution in [0, 0.1) is 13.8 Å². The molecule has 1 fully saturated rings. The number of rotatable bonds is 7. The van der Waals surface area contributed by atoms with Crippen molar-refractivity contribution in [3.63, 3.8) is 0 Å². The van der Waals surface area contributed by atoms with E-state index in [1.807, 2.05) is 0 Å². The second kappa shape index (κ2) is 7.09. The van der Waals surface area contributed by atoms with E-state index in [1.165, 1.54) is 11.1 Å². The molecule has 0 heterocycles. The van der Waals surface area contributed by atoms with Crippen LogP contribution in [0.4, 0.5) is 0 Å². The van der Waals surface area contributed by atoms with E-state index in [0.717, 1.165) is 31.7 Å². The quantitative estimate of drug-likeness (QED) is 0.830. The van der Waals surface area contributed by atoms with E-state index < -0.39 is 0 Å². The maximum absolute atomic E-state index is 6.13. The van der Waals surface area contributed by atoms with Gasteiger partial charge in [0.05, 0.1) is 0 Å². The van der Waals surface area contributed by atoms with Gasteiger partial charge in [0.2, 0.25) is 0 Å². The molecule has 1 aliphatic rings. The Morgan fingerprint density at radius 2 is 1.85 bits per heavy atom. The summed E-state index contributed by atoms with van der Waals surface area (Å²) >= 11 is 0. The fraction of sp³-hybridized carbons (Fsp3) is 0.647. The van der Waals surface area contributed by atoms with Gasteiger partial charge in [-0.2, -0.15) is 0 Å². The van der Waals surface area contributed by atoms with Gasteiger partial charge in [-0.1, -0.05) is 19.9 Å². The van der Waals surface area contributed by atoms with Crippen LogP contribution < -0.4 is 10.1 Å². The van der Waals surface area contributed by atoms with E-state index in [9.17, 15) is 0 Å². The molecule has 3 nitrogen and oxygen atoms in total. The lowest BCUT2D eigenvalue weighted by molar-refractivity contribution is -0.107. The van der Waals surface area contributed by atoms with Crippen molar-refractivity contribution in [3.8, 4) is 5.75 Å². The van der Waals surface area contributed by atoms with Crippen molar-refractivity contribution in [2.45, 2.75) is 58.8 Å². The average molecular weight is 277 g/mol. The lowest BCUT2D eigenvalue weighted by atomic mass is 9.85. The van der Waals surface area contributed by atoms with E-state index >= 15 is 0 Å². The van der Waals surface area contributed by atoms with Gasteiger partial charge in [0, 0.05) is 19.1 Å². The standard InChI is InChI=1S/C17H27NO2/c1-5-7-19-17-15(18-6-2)11-16(17)20-14-9-12(3)8-13(4)10-14/h8-10,15-18H,5-7,11H2,1-4H3. The van der Waals surface area contributed by atoms with Crippen molar-refractivity contribution in [1.29, 1.82) is 0 Å². The van der Waals surface area contributed by atoms with Crippen LogP contribution in [0.2, 0.25) is 0 Å². The Bertz CT molecular complexity index is 413. The summed E-state index contributed by atoms with van der Waals surface area (Å²) in [6, 6.07) is 6.80. The molecular formula is C17H27NO2. The normalized spacial score (nSPS) is 25.3. The summed E-state index contributed by atoms with van der Waals surface area (Å²) in [4.78, 5) is 0. The predicted octanol–water partition coefficient (Wildman–Crippen LogP) is 3.23. The number of ether oxygens (including phenoxy) is 2. The molecule has 20 heavy (non-hydrogen) atoms. The third-order valence-corrected chi connectivity index (χ3v) is 3.71. The van der Waals surface area contributed by atoms with E-state index in [2.05, 4.69) is 51.2 Å². The van der Waals surface area contributed by atoms with Gasteiger partial charge < -0.3 is 14.8 Å². The molecule has 1 saturated carbocycles. The summed E-state index contributed by atoms with van der Waals surface area (Å²) in [7, 11) is 0. The molecule has 3 unspecified atom stereocenters. The Balaban J connectivity index is 1.97. The van der Waals surface area contributed by atoms with Gasteiger partial charge in [-0.05, 0) is 50.1 Å². The summed E-state index contributed by atoms with van der Waals surface area (Å²) in [6.07, 6.45) is 2.42. The van der Waals surface area contributed by atoms with Crippen LogP contribution in [-0.4, -0.2) is 31.4 Å². The minimum atomic E-state index is 0.173. The lowest BCUT2D eigenvalue weighted by Gasteiger charge is -2.44. The molecule has 3 atom stereocenters. The Morgan fingerprint density at radius 1 is 1.15 bits per heavy atom. The first-order valence-electron chi connectivity index (χ1n) is 7.74. The fourth-order valence-corrected chi connectivity index (χ4v) is 2.81. The van der Waals surface area contributed by atoms with Crippen LogP contribution in [0.3, 0.4) is 0 Å². The number of nitrogens with one attached hydrogen (secondary N) is 1. The summed E-state index contributed by atoms with van der Waals surface area (Å²) in [5.41, 5.74) is 2.49. The molecule has 1 aromatic rings. The highest BCUT2D eigenvalue weighted by atomic mass is 16.5. The van der Waals surface area contributed by atoms with Crippen molar-refractivity contribution in [3.05, 3.63) is 29.3 Å². The molecule has 1 aliphatic carbocycles. The largest absolute Gasteiger partial charge is 0.488 e. The fourth-order valence-electron chi connectivity index (χ4n) is 2.81. The maximum Gasteiger partial charge on any atom is 0.128 e. The molecule has 1 aromatic carbocycles. The summed E-state index contributed by atoms with van der Waals surface area (Å²) < 4.78 is 12.1. The van der Waals surface area contributed by atoms with Gasteiger partial charge >= 0.3 is 0 Å².